The van der Waals surface area contributed by atoms with E-state index < -0.39 is 0 Å². The van der Waals surface area contributed by atoms with Crippen LogP contribution in [0.5, 0.6) is 5.75 Å². The molecule has 4 N–H and O–H groups in total. The van der Waals surface area contributed by atoms with E-state index in [-0.39, 0.29) is 11.9 Å². The highest BCUT2D eigenvalue weighted by Gasteiger charge is 2.07. The number of methoxy groups -OCH3 is 1. The van der Waals surface area contributed by atoms with Gasteiger partial charge in [-0.1, -0.05) is 25.4 Å². The van der Waals surface area contributed by atoms with Crippen LogP contribution in [0.4, 0.5) is 5.69 Å². The number of benzene rings is 1. The molecule has 0 saturated heterocycles. The van der Waals surface area contributed by atoms with E-state index in [9.17, 15) is 0 Å². The fraction of sp³-hybridized carbons (Fsp3) is 0.357. The third-order valence-electron chi connectivity index (χ3n) is 2.89. The van der Waals surface area contributed by atoms with E-state index >= 15 is 0 Å². The minimum Gasteiger partial charge on any atom is -0.495 e. The Morgan fingerprint density at radius 3 is 2.86 bits per heavy atom. The summed E-state index contributed by atoms with van der Waals surface area (Å²) < 4.78 is 5.09. The van der Waals surface area contributed by atoms with E-state index in [1.54, 1.807) is 25.3 Å². The molecule has 1 aromatic heterocycles. The molecule has 0 aliphatic rings. The quantitative estimate of drug-likeness (QED) is 0.580. The SMILES string of the molecule is COc1ccc(NC(N)=NCc2nc(C(C)C)n[nH]2)cc1Cl. The van der Waals surface area contributed by atoms with Gasteiger partial charge in [-0.25, -0.2) is 9.98 Å². The van der Waals surface area contributed by atoms with Crippen LogP contribution in [-0.4, -0.2) is 28.3 Å². The van der Waals surface area contributed by atoms with Crippen molar-refractivity contribution < 1.29 is 4.74 Å². The number of nitrogens with two attached hydrogens (primary N) is 1. The molecular weight excluding hydrogens is 304 g/mol. The van der Waals surface area contributed by atoms with Crippen molar-refractivity contribution in [1.29, 1.82) is 0 Å². The van der Waals surface area contributed by atoms with Crippen LogP contribution in [0.3, 0.4) is 0 Å². The third kappa shape index (κ3) is 4.11. The second-order valence-electron chi connectivity index (χ2n) is 4.97. The van der Waals surface area contributed by atoms with E-state index in [0.717, 1.165) is 11.5 Å². The van der Waals surface area contributed by atoms with Crippen LogP contribution in [0.15, 0.2) is 23.2 Å². The van der Waals surface area contributed by atoms with Crippen LogP contribution < -0.4 is 15.8 Å². The minimum atomic E-state index is 0.267. The van der Waals surface area contributed by atoms with Gasteiger partial charge >= 0.3 is 0 Å². The molecule has 0 amide bonds. The monoisotopic (exact) mass is 322 g/mol. The van der Waals surface area contributed by atoms with Crippen molar-refractivity contribution in [1.82, 2.24) is 15.2 Å². The number of ether oxygens (including phenoxy) is 1. The molecule has 0 bridgehead atoms. The zero-order valence-corrected chi connectivity index (χ0v) is 13.5. The number of nitrogens with zero attached hydrogens (tertiary/aromatic N) is 3. The highest BCUT2D eigenvalue weighted by Crippen LogP contribution is 2.27. The van der Waals surface area contributed by atoms with E-state index in [2.05, 4.69) is 25.5 Å². The standard InChI is InChI=1S/C14H19ClN6O/c1-8(2)13-19-12(20-21-13)7-17-14(16)18-9-4-5-11(22-3)10(15)6-9/h4-6,8H,7H2,1-3H3,(H3,16,17,18)(H,19,20,21). The maximum Gasteiger partial charge on any atom is 0.193 e. The summed E-state index contributed by atoms with van der Waals surface area (Å²) in [5, 5.41) is 10.4. The summed E-state index contributed by atoms with van der Waals surface area (Å²) in [6.07, 6.45) is 0. The van der Waals surface area contributed by atoms with Crippen molar-refractivity contribution in [2.24, 2.45) is 10.7 Å². The largest absolute Gasteiger partial charge is 0.495 e. The van der Waals surface area contributed by atoms with E-state index in [1.165, 1.54) is 0 Å². The lowest BCUT2D eigenvalue weighted by Crippen LogP contribution is -2.22. The van der Waals surface area contributed by atoms with Gasteiger partial charge < -0.3 is 15.8 Å². The maximum absolute atomic E-state index is 6.05. The summed E-state index contributed by atoms with van der Waals surface area (Å²) in [6.45, 7) is 4.38. The minimum absolute atomic E-state index is 0.267. The average Bonchev–Trinajstić information content (AvgIpc) is 2.94. The van der Waals surface area contributed by atoms with Gasteiger partial charge in [-0.3, -0.25) is 5.10 Å². The first-order valence-electron chi connectivity index (χ1n) is 6.81. The van der Waals surface area contributed by atoms with Gasteiger partial charge in [-0.15, -0.1) is 0 Å². The Hall–Kier alpha value is -2.28. The fourth-order valence-corrected chi connectivity index (χ4v) is 1.99. The lowest BCUT2D eigenvalue weighted by molar-refractivity contribution is 0.415. The summed E-state index contributed by atoms with van der Waals surface area (Å²) >= 11 is 6.05. The Bertz CT molecular complexity index is 667. The third-order valence-corrected chi connectivity index (χ3v) is 3.18. The topological polar surface area (TPSA) is 101 Å². The Morgan fingerprint density at radius 2 is 2.27 bits per heavy atom. The van der Waals surface area contributed by atoms with Gasteiger partial charge in [0.2, 0.25) is 0 Å². The van der Waals surface area contributed by atoms with Crippen LogP contribution in [0.1, 0.15) is 31.4 Å². The molecular formula is C14H19ClN6O. The first-order valence-corrected chi connectivity index (χ1v) is 7.19. The lowest BCUT2D eigenvalue weighted by atomic mass is 10.2. The number of H-pyrrole nitrogens is 1. The molecule has 0 aliphatic heterocycles. The lowest BCUT2D eigenvalue weighted by Gasteiger charge is -2.08. The van der Waals surface area contributed by atoms with Crippen molar-refractivity contribution >= 4 is 23.2 Å². The number of halogens is 1. The predicted molar refractivity (Wildman–Crippen MR) is 87.4 cm³/mol. The van der Waals surface area contributed by atoms with Crippen LogP contribution >= 0.6 is 11.6 Å². The number of guanidine groups is 1. The Kier molecular flexibility index (Phi) is 5.21. The van der Waals surface area contributed by atoms with Gasteiger partial charge in [0.15, 0.2) is 11.8 Å². The molecule has 0 atom stereocenters. The van der Waals surface area contributed by atoms with E-state index in [4.69, 9.17) is 22.1 Å². The van der Waals surface area contributed by atoms with Crippen LogP contribution in [-0.2, 0) is 6.54 Å². The Morgan fingerprint density at radius 1 is 1.50 bits per heavy atom. The number of nitrogens with one attached hydrogen (secondary N) is 2. The van der Waals surface area contributed by atoms with Gasteiger partial charge in [0.1, 0.15) is 18.1 Å². The van der Waals surface area contributed by atoms with Gasteiger partial charge in [0.25, 0.3) is 0 Å². The molecule has 2 rings (SSSR count). The molecule has 0 spiro atoms. The zero-order valence-electron chi connectivity index (χ0n) is 12.7. The molecule has 118 valence electrons. The first-order chi connectivity index (χ1) is 10.5. The molecule has 0 saturated carbocycles. The van der Waals surface area contributed by atoms with Gasteiger partial charge in [-0.05, 0) is 18.2 Å². The number of anilines is 1. The van der Waals surface area contributed by atoms with Gasteiger partial charge in [0.05, 0.1) is 12.1 Å². The molecule has 2 aromatic rings. The molecule has 0 radical (unpaired) electrons. The maximum atomic E-state index is 6.05. The van der Waals surface area contributed by atoms with E-state index in [1.807, 2.05) is 13.8 Å². The number of rotatable bonds is 5. The summed E-state index contributed by atoms with van der Waals surface area (Å²) in [5.74, 6) is 2.57. The molecule has 8 heteroatoms. The highest BCUT2D eigenvalue weighted by atomic mass is 35.5. The molecule has 0 aliphatic carbocycles. The van der Waals surface area contributed by atoms with Crippen molar-refractivity contribution in [3.05, 3.63) is 34.9 Å². The van der Waals surface area contributed by atoms with Gasteiger partial charge in [0, 0.05) is 11.6 Å². The summed E-state index contributed by atoms with van der Waals surface area (Å²) in [4.78, 5) is 8.54. The number of aliphatic imine (C=N–C) groups is 1. The predicted octanol–water partition coefficient (Wildman–Crippen LogP) is 2.52. The fourth-order valence-electron chi connectivity index (χ4n) is 1.73. The normalized spacial score (nSPS) is 11.8. The van der Waals surface area contributed by atoms with E-state index in [0.29, 0.717) is 23.1 Å². The molecule has 1 aromatic carbocycles. The summed E-state index contributed by atoms with van der Waals surface area (Å²) in [5.41, 5.74) is 6.57. The number of hydrogen-bond acceptors (Lipinski definition) is 4. The second kappa shape index (κ2) is 7.13. The van der Waals surface area contributed by atoms with Crippen molar-refractivity contribution in [2.45, 2.75) is 26.3 Å². The second-order valence-corrected chi connectivity index (χ2v) is 5.38. The smallest absolute Gasteiger partial charge is 0.193 e. The van der Waals surface area contributed by atoms with Crippen molar-refractivity contribution in [3.63, 3.8) is 0 Å². The van der Waals surface area contributed by atoms with Crippen LogP contribution in [0, 0.1) is 0 Å². The van der Waals surface area contributed by atoms with Gasteiger partial charge in [-0.2, -0.15) is 5.10 Å². The average molecular weight is 323 g/mol. The van der Waals surface area contributed by atoms with Crippen molar-refractivity contribution in [3.8, 4) is 5.75 Å². The number of aromatic amines is 1. The van der Waals surface area contributed by atoms with Crippen LogP contribution in [0.25, 0.3) is 0 Å². The Balaban J connectivity index is 1.98. The zero-order chi connectivity index (χ0) is 16.1. The molecule has 0 fully saturated rings. The molecule has 1 heterocycles. The molecule has 22 heavy (non-hydrogen) atoms. The summed E-state index contributed by atoms with van der Waals surface area (Å²) in [6, 6.07) is 5.27. The molecule has 7 nitrogen and oxygen atoms in total. The van der Waals surface area contributed by atoms with Crippen LogP contribution in [0.2, 0.25) is 5.02 Å². The van der Waals surface area contributed by atoms with Crippen molar-refractivity contribution in [2.75, 3.05) is 12.4 Å². The number of hydrogen-bond donors (Lipinski definition) is 3. The first kappa shape index (κ1) is 16.1. The Labute approximate surface area is 133 Å². The number of aromatic nitrogens is 3. The summed E-state index contributed by atoms with van der Waals surface area (Å²) in [7, 11) is 1.56. The highest BCUT2D eigenvalue weighted by molar-refractivity contribution is 6.32. The molecule has 0 unspecified atom stereocenters.